The van der Waals surface area contributed by atoms with Crippen molar-refractivity contribution in [2.45, 2.75) is 29.8 Å². The largest absolute Gasteiger partial charge is 0.477 e. The molecular formula is C13H11F3N6O4S. The van der Waals surface area contributed by atoms with Crippen LogP contribution in [-0.2, 0) is 21.4 Å². The van der Waals surface area contributed by atoms with Crippen LogP contribution in [0.5, 0.6) is 0 Å². The number of carboxylic acids is 1. The fourth-order valence-electron chi connectivity index (χ4n) is 3.77. The number of aromatic nitrogens is 4. The van der Waals surface area contributed by atoms with Crippen LogP contribution >= 0.6 is 11.8 Å². The zero-order valence-corrected chi connectivity index (χ0v) is 14.4. The van der Waals surface area contributed by atoms with E-state index in [-0.39, 0.29) is 23.8 Å². The lowest BCUT2D eigenvalue weighted by molar-refractivity contribution is -0.198. The van der Waals surface area contributed by atoms with E-state index >= 15 is 0 Å². The second kappa shape index (κ2) is 5.68. The van der Waals surface area contributed by atoms with Gasteiger partial charge in [0.1, 0.15) is 11.7 Å². The molecule has 4 heterocycles. The maximum atomic E-state index is 12.8. The van der Waals surface area contributed by atoms with Crippen molar-refractivity contribution >= 4 is 29.5 Å². The number of amides is 2. The number of thioether (sulfide) groups is 1. The number of carbonyl (C=O) groups excluding carboxylic acids is 2. The highest BCUT2D eigenvalue weighted by atomic mass is 32.2. The molecule has 1 aromatic rings. The molecular weight excluding hydrogens is 393 g/mol. The van der Waals surface area contributed by atoms with Crippen molar-refractivity contribution in [2.24, 2.45) is 13.0 Å². The van der Waals surface area contributed by atoms with Crippen LogP contribution in [0.3, 0.4) is 0 Å². The lowest BCUT2D eigenvalue weighted by Gasteiger charge is -2.53. The molecule has 1 N–H and O–H groups in total. The summed E-state index contributed by atoms with van der Waals surface area (Å²) >= 11 is 0.960. The molecule has 144 valence electrons. The van der Waals surface area contributed by atoms with E-state index in [9.17, 15) is 32.7 Å². The quantitative estimate of drug-likeness (QED) is 0.676. The highest BCUT2D eigenvalue weighted by Gasteiger charge is 2.66. The summed E-state index contributed by atoms with van der Waals surface area (Å²) in [6, 6.07) is -2.14. The highest BCUT2D eigenvalue weighted by molar-refractivity contribution is 8.03. The Balaban J connectivity index is 1.69. The molecule has 2 saturated heterocycles. The molecule has 14 heteroatoms. The van der Waals surface area contributed by atoms with E-state index in [2.05, 4.69) is 15.5 Å². The fourth-order valence-corrected chi connectivity index (χ4v) is 4.90. The second-order valence-electron chi connectivity index (χ2n) is 6.24. The van der Waals surface area contributed by atoms with Gasteiger partial charge in [-0.15, -0.1) is 5.10 Å². The van der Waals surface area contributed by atoms with Gasteiger partial charge in [0.2, 0.25) is 5.16 Å². The first-order valence-electron chi connectivity index (χ1n) is 7.71. The number of aryl methyl sites for hydroxylation is 1. The van der Waals surface area contributed by atoms with Crippen LogP contribution in [-0.4, -0.2) is 77.7 Å². The first-order chi connectivity index (χ1) is 12.6. The average Bonchev–Trinajstić information content (AvgIpc) is 3.13. The zero-order chi connectivity index (χ0) is 19.7. The lowest BCUT2D eigenvalue weighted by atomic mass is 9.80. The van der Waals surface area contributed by atoms with Gasteiger partial charge in [0, 0.05) is 24.4 Å². The Kier molecular flexibility index (Phi) is 3.73. The Morgan fingerprint density at radius 2 is 2.04 bits per heavy atom. The van der Waals surface area contributed by atoms with E-state index in [0.29, 0.717) is 9.81 Å². The molecule has 3 aliphatic heterocycles. The average molecular weight is 404 g/mol. The zero-order valence-electron chi connectivity index (χ0n) is 13.5. The molecule has 3 atom stereocenters. The van der Waals surface area contributed by atoms with Crippen molar-refractivity contribution in [1.82, 2.24) is 30.0 Å². The van der Waals surface area contributed by atoms with Crippen LogP contribution in [0, 0.1) is 5.92 Å². The minimum absolute atomic E-state index is 0.0944. The van der Waals surface area contributed by atoms with E-state index in [1.54, 1.807) is 7.05 Å². The predicted octanol–water partition coefficient (Wildman–Crippen LogP) is -0.398. The summed E-state index contributed by atoms with van der Waals surface area (Å²) in [6.07, 6.45) is -5.01. The molecule has 2 fully saturated rings. The smallest absolute Gasteiger partial charge is 0.471 e. The van der Waals surface area contributed by atoms with Gasteiger partial charge < -0.3 is 10.0 Å². The first-order valence-corrected chi connectivity index (χ1v) is 8.53. The molecule has 0 aliphatic carbocycles. The summed E-state index contributed by atoms with van der Waals surface area (Å²) in [7, 11) is 1.55. The van der Waals surface area contributed by atoms with Crippen LogP contribution in [0.25, 0.3) is 0 Å². The second-order valence-corrected chi connectivity index (χ2v) is 7.25. The van der Waals surface area contributed by atoms with Crippen molar-refractivity contribution < 1.29 is 32.7 Å². The van der Waals surface area contributed by atoms with Crippen LogP contribution in [0.2, 0.25) is 0 Å². The van der Waals surface area contributed by atoms with Gasteiger partial charge >= 0.3 is 18.1 Å². The highest BCUT2D eigenvalue weighted by Crippen LogP contribution is 2.53. The molecule has 4 rings (SSSR count). The summed E-state index contributed by atoms with van der Waals surface area (Å²) in [5, 5.41) is 20.7. The van der Waals surface area contributed by atoms with Crippen LogP contribution in [0.15, 0.2) is 15.8 Å². The summed E-state index contributed by atoms with van der Waals surface area (Å²) in [6.45, 7) is -0.294. The number of nitrogens with zero attached hydrogens (tertiary/aromatic N) is 6. The van der Waals surface area contributed by atoms with Gasteiger partial charge in [0.05, 0.1) is 6.04 Å². The van der Waals surface area contributed by atoms with Crippen molar-refractivity contribution in [3.63, 3.8) is 0 Å². The minimum Gasteiger partial charge on any atom is -0.477 e. The third-order valence-corrected chi connectivity index (χ3v) is 6.09. The molecule has 27 heavy (non-hydrogen) atoms. The molecule has 10 nitrogen and oxygen atoms in total. The number of alkyl halides is 3. The normalized spacial score (nSPS) is 27.0. The molecule has 2 amide bonds. The Morgan fingerprint density at radius 3 is 2.59 bits per heavy atom. The summed E-state index contributed by atoms with van der Waals surface area (Å²) in [5.74, 6) is -4.79. The molecule has 1 unspecified atom stereocenters. The third kappa shape index (κ3) is 2.42. The molecule has 0 spiro atoms. The van der Waals surface area contributed by atoms with E-state index in [4.69, 9.17) is 0 Å². The molecule has 1 aromatic heterocycles. The summed E-state index contributed by atoms with van der Waals surface area (Å²) in [5.41, 5.74) is -0.291. The SMILES string of the molecule is Cn1nnnc1SC1=C(C(=O)O)N2C(=O)[C@@H]3[C@H]2C1CCN3C(=O)C(F)(F)F. The molecule has 3 aliphatic rings. The van der Waals surface area contributed by atoms with Crippen molar-refractivity contribution in [1.29, 1.82) is 0 Å². The van der Waals surface area contributed by atoms with E-state index in [0.717, 1.165) is 16.7 Å². The standard InChI is InChI=1S/C13H11F3N6O4S/c1-20-12(17-18-19-20)27-8-4-2-3-21(11(26)13(14,15)16)6-5(4)22(9(6)23)7(8)10(24)25/h4-6H,2-3H2,1H3,(H,24,25)/t4?,5-,6+/m1/s1. The van der Waals surface area contributed by atoms with Gasteiger partial charge in [0.25, 0.3) is 5.91 Å². The van der Waals surface area contributed by atoms with E-state index in [1.165, 1.54) is 4.68 Å². The number of β-lactam (4-membered cyclic amide) rings is 1. The molecule has 0 saturated carbocycles. The number of tetrazole rings is 1. The number of piperidine rings is 1. The van der Waals surface area contributed by atoms with E-state index in [1.807, 2.05) is 0 Å². The number of rotatable bonds is 3. The minimum atomic E-state index is -5.10. The van der Waals surface area contributed by atoms with Gasteiger partial charge in [-0.2, -0.15) is 13.2 Å². The van der Waals surface area contributed by atoms with Crippen molar-refractivity contribution in [2.75, 3.05) is 6.54 Å². The van der Waals surface area contributed by atoms with Crippen LogP contribution < -0.4 is 0 Å². The fraction of sp³-hybridized carbons (Fsp3) is 0.538. The number of halogens is 3. The van der Waals surface area contributed by atoms with Gasteiger partial charge in [-0.3, -0.25) is 14.5 Å². The topological polar surface area (TPSA) is 122 Å². The summed E-state index contributed by atoms with van der Waals surface area (Å²) in [4.78, 5) is 37.6. The Hall–Kier alpha value is -2.64. The number of carbonyl (C=O) groups is 3. The van der Waals surface area contributed by atoms with Gasteiger partial charge in [-0.1, -0.05) is 0 Å². The molecule has 0 aromatic carbocycles. The monoisotopic (exact) mass is 404 g/mol. The first kappa shape index (κ1) is 17.8. The van der Waals surface area contributed by atoms with Crippen molar-refractivity contribution in [3.05, 3.63) is 10.6 Å². The number of carboxylic acid groups (broad SMARTS) is 1. The van der Waals surface area contributed by atoms with E-state index < -0.39 is 42.0 Å². The van der Waals surface area contributed by atoms with Crippen LogP contribution in [0.4, 0.5) is 13.2 Å². The maximum Gasteiger partial charge on any atom is 0.471 e. The van der Waals surface area contributed by atoms with Gasteiger partial charge in [0.15, 0.2) is 0 Å². The third-order valence-electron chi connectivity index (χ3n) is 4.84. The number of hydrogen-bond acceptors (Lipinski definition) is 7. The maximum absolute atomic E-state index is 12.8. The van der Waals surface area contributed by atoms with Gasteiger partial charge in [-0.05, 0) is 28.6 Å². The van der Waals surface area contributed by atoms with Crippen LogP contribution in [0.1, 0.15) is 6.42 Å². The Morgan fingerprint density at radius 1 is 1.33 bits per heavy atom. The number of aliphatic carboxylic acids is 1. The Labute approximate surface area is 153 Å². The number of likely N-dealkylation sites (tertiary alicyclic amines) is 1. The summed E-state index contributed by atoms with van der Waals surface area (Å²) < 4.78 is 39.8. The van der Waals surface area contributed by atoms with Crippen molar-refractivity contribution in [3.8, 4) is 0 Å². The molecule has 0 bridgehead atoms. The number of hydrogen-bond donors (Lipinski definition) is 1. The Bertz CT molecular complexity index is 899. The lowest BCUT2D eigenvalue weighted by Crippen LogP contribution is -2.74. The van der Waals surface area contributed by atoms with Gasteiger partial charge in [-0.25, -0.2) is 9.48 Å². The predicted molar refractivity (Wildman–Crippen MR) is 79.6 cm³/mol. The molecule has 0 radical (unpaired) electrons.